The maximum absolute atomic E-state index is 11.9. The number of thiazole rings is 1. The van der Waals surface area contributed by atoms with Crippen LogP contribution in [-0.4, -0.2) is 24.0 Å². The number of hydrogen-bond donors (Lipinski definition) is 1. The third-order valence-electron chi connectivity index (χ3n) is 2.45. The van der Waals surface area contributed by atoms with E-state index in [1.165, 1.54) is 13.3 Å². The van der Waals surface area contributed by atoms with Crippen molar-refractivity contribution < 1.29 is 14.3 Å². The average molecular weight is 311 g/mol. The van der Waals surface area contributed by atoms with Crippen molar-refractivity contribution in [2.75, 3.05) is 12.4 Å². The zero-order chi connectivity index (χ0) is 14.5. The summed E-state index contributed by atoms with van der Waals surface area (Å²) in [5, 5.41) is 3.51. The van der Waals surface area contributed by atoms with Crippen molar-refractivity contribution in [1.82, 2.24) is 4.98 Å². The molecule has 0 aliphatic rings. The number of amides is 1. The van der Waals surface area contributed by atoms with Crippen LogP contribution >= 0.6 is 22.9 Å². The smallest absolute Gasteiger partial charge is 0.349 e. The van der Waals surface area contributed by atoms with Crippen molar-refractivity contribution in [3.8, 4) is 0 Å². The molecule has 5 nitrogen and oxygen atoms in total. The van der Waals surface area contributed by atoms with E-state index in [-0.39, 0.29) is 12.3 Å². The summed E-state index contributed by atoms with van der Waals surface area (Å²) in [5.74, 6) is -0.724. The lowest BCUT2D eigenvalue weighted by Gasteiger charge is -2.03. The van der Waals surface area contributed by atoms with Gasteiger partial charge in [0.1, 0.15) is 4.88 Å². The number of nitrogens with zero attached hydrogens (tertiary/aromatic N) is 1. The lowest BCUT2D eigenvalue weighted by atomic mass is 10.1. The summed E-state index contributed by atoms with van der Waals surface area (Å²) in [6.07, 6.45) is 1.51. The number of nitrogens with one attached hydrogen (secondary N) is 1. The van der Waals surface area contributed by atoms with Crippen LogP contribution in [0.4, 0.5) is 5.13 Å². The number of ether oxygens (including phenoxy) is 1. The van der Waals surface area contributed by atoms with Gasteiger partial charge in [0, 0.05) is 5.02 Å². The first-order valence-electron chi connectivity index (χ1n) is 5.67. The van der Waals surface area contributed by atoms with Crippen LogP contribution in [0.15, 0.2) is 30.5 Å². The first-order chi connectivity index (χ1) is 9.60. The second kappa shape index (κ2) is 6.49. The Morgan fingerprint density at radius 3 is 2.85 bits per heavy atom. The van der Waals surface area contributed by atoms with Crippen molar-refractivity contribution in [2.45, 2.75) is 6.42 Å². The molecule has 1 aromatic heterocycles. The van der Waals surface area contributed by atoms with Gasteiger partial charge in [-0.25, -0.2) is 9.78 Å². The number of benzene rings is 1. The summed E-state index contributed by atoms with van der Waals surface area (Å²) < 4.78 is 4.57. The van der Waals surface area contributed by atoms with Gasteiger partial charge >= 0.3 is 5.97 Å². The molecule has 0 bridgehead atoms. The van der Waals surface area contributed by atoms with E-state index in [2.05, 4.69) is 15.0 Å². The molecule has 104 valence electrons. The maximum atomic E-state index is 11.9. The van der Waals surface area contributed by atoms with Crippen molar-refractivity contribution in [1.29, 1.82) is 0 Å². The molecule has 0 spiro atoms. The molecule has 0 aliphatic heterocycles. The van der Waals surface area contributed by atoms with Gasteiger partial charge in [0.05, 0.1) is 19.7 Å². The standard InChI is InChI=1S/C13H11ClN2O3S/c1-19-12(18)10-7-15-13(20-10)16-11(17)6-8-4-2-3-5-9(8)14/h2-5,7H,6H2,1H3,(H,15,16,17). The first kappa shape index (κ1) is 14.5. The Balaban J connectivity index is 2.00. The summed E-state index contributed by atoms with van der Waals surface area (Å²) in [6, 6.07) is 7.12. The minimum atomic E-state index is -0.478. The Bertz CT molecular complexity index is 642. The van der Waals surface area contributed by atoms with Crippen LogP contribution in [0.1, 0.15) is 15.2 Å². The summed E-state index contributed by atoms with van der Waals surface area (Å²) in [6.45, 7) is 0. The number of aromatic nitrogens is 1. The first-order valence-corrected chi connectivity index (χ1v) is 6.87. The van der Waals surface area contributed by atoms with Gasteiger partial charge in [0.2, 0.25) is 5.91 Å². The quantitative estimate of drug-likeness (QED) is 0.882. The van der Waals surface area contributed by atoms with Gasteiger partial charge in [-0.15, -0.1) is 0 Å². The van der Waals surface area contributed by atoms with E-state index >= 15 is 0 Å². The fraction of sp³-hybridized carbons (Fsp3) is 0.154. The molecule has 2 aromatic rings. The highest BCUT2D eigenvalue weighted by Crippen LogP contribution is 2.20. The Morgan fingerprint density at radius 2 is 2.15 bits per heavy atom. The molecular formula is C13H11ClN2O3S. The number of carbonyl (C=O) groups excluding carboxylic acids is 2. The third-order valence-corrected chi connectivity index (χ3v) is 3.71. The van der Waals surface area contributed by atoms with E-state index in [4.69, 9.17) is 11.6 Å². The zero-order valence-corrected chi connectivity index (χ0v) is 12.1. The van der Waals surface area contributed by atoms with E-state index in [0.29, 0.717) is 15.0 Å². The molecule has 0 saturated carbocycles. The molecule has 7 heteroatoms. The van der Waals surface area contributed by atoms with Crippen LogP contribution < -0.4 is 5.32 Å². The molecule has 1 N–H and O–H groups in total. The molecule has 20 heavy (non-hydrogen) atoms. The molecule has 0 aliphatic carbocycles. The zero-order valence-electron chi connectivity index (χ0n) is 10.6. The minimum Gasteiger partial charge on any atom is -0.465 e. The second-order valence-corrected chi connectivity index (χ2v) is 5.28. The fourth-order valence-corrected chi connectivity index (χ4v) is 2.46. The van der Waals surface area contributed by atoms with Crippen LogP contribution in [0.25, 0.3) is 0 Å². The topological polar surface area (TPSA) is 68.3 Å². The molecule has 0 radical (unpaired) electrons. The van der Waals surface area contributed by atoms with Crippen molar-refractivity contribution >= 4 is 39.9 Å². The molecule has 0 unspecified atom stereocenters. The molecule has 2 rings (SSSR count). The monoisotopic (exact) mass is 310 g/mol. The Hall–Kier alpha value is -1.92. The average Bonchev–Trinajstić information content (AvgIpc) is 2.89. The number of methoxy groups -OCH3 is 1. The molecule has 1 heterocycles. The molecule has 1 amide bonds. The highest BCUT2D eigenvalue weighted by atomic mass is 35.5. The minimum absolute atomic E-state index is 0.146. The van der Waals surface area contributed by atoms with Crippen molar-refractivity contribution in [3.05, 3.63) is 45.9 Å². The Morgan fingerprint density at radius 1 is 1.40 bits per heavy atom. The number of halogens is 1. The van der Waals surface area contributed by atoms with Crippen LogP contribution in [0.2, 0.25) is 5.02 Å². The lowest BCUT2D eigenvalue weighted by molar-refractivity contribution is -0.115. The summed E-state index contributed by atoms with van der Waals surface area (Å²) in [7, 11) is 1.29. The van der Waals surface area contributed by atoms with Gasteiger partial charge < -0.3 is 10.1 Å². The van der Waals surface area contributed by atoms with Crippen LogP contribution in [0.3, 0.4) is 0 Å². The molecular weight excluding hydrogens is 300 g/mol. The van der Waals surface area contributed by atoms with E-state index in [9.17, 15) is 9.59 Å². The van der Waals surface area contributed by atoms with Gasteiger partial charge in [0.25, 0.3) is 0 Å². The van der Waals surface area contributed by atoms with E-state index in [1.54, 1.807) is 18.2 Å². The Kier molecular flexibility index (Phi) is 4.70. The number of hydrogen-bond acceptors (Lipinski definition) is 5. The maximum Gasteiger partial charge on any atom is 0.349 e. The molecule has 0 fully saturated rings. The van der Waals surface area contributed by atoms with Crippen molar-refractivity contribution in [3.63, 3.8) is 0 Å². The van der Waals surface area contributed by atoms with Gasteiger partial charge in [-0.1, -0.05) is 41.1 Å². The highest BCUT2D eigenvalue weighted by Gasteiger charge is 2.13. The predicted molar refractivity (Wildman–Crippen MR) is 77.2 cm³/mol. The van der Waals surface area contributed by atoms with E-state index < -0.39 is 5.97 Å². The van der Waals surface area contributed by atoms with Crippen LogP contribution in [-0.2, 0) is 16.0 Å². The summed E-state index contributed by atoms with van der Waals surface area (Å²) in [4.78, 5) is 27.4. The Labute approximate surface area is 124 Å². The predicted octanol–water partition coefficient (Wildman–Crippen LogP) is 2.76. The normalized spacial score (nSPS) is 10.1. The largest absolute Gasteiger partial charge is 0.465 e. The van der Waals surface area contributed by atoms with E-state index in [0.717, 1.165) is 16.9 Å². The second-order valence-electron chi connectivity index (χ2n) is 3.84. The summed E-state index contributed by atoms with van der Waals surface area (Å²) in [5.41, 5.74) is 0.733. The number of carbonyl (C=O) groups is 2. The van der Waals surface area contributed by atoms with Gasteiger partial charge in [0.15, 0.2) is 5.13 Å². The van der Waals surface area contributed by atoms with Crippen molar-refractivity contribution in [2.24, 2.45) is 0 Å². The van der Waals surface area contributed by atoms with Gasteiger partial charge in [-0.3, -0.25) is 4.79 Å². The van der Waals surface area contributed by atoms with Crippen LogP contribution in [0, 0.1) is 0 Å². The number of anilines is 1. The van der Waals surface area contributed by atoms with Gasteiger partial charge in [-0.2, -0.15) is 0 Å². The SMILES string of the molecule is COC(=O)c1cnc(NC(=O)Cc2ccccc2Cl)s1. The highest BCUT2D eigenvalue weighted by molar-refractivity contribution is 7.17. The van der Waals surface area contributed by atoms with Gasteiger partial charge in [-0.05, 0) is 11.6 Å². The molecule has 0 saturated heterocycles. The fourth-order valence-electron chi connectivity index (χ4n) is 1.51. The molecule has 1 aromatic carbocycles. The van der Waals surface area contributed by atoms with Crippen LogP contribution in [0.5, 0.6) is 0 Å². The third kappa shape index (κ3) is 3.55. The lowest BCUT2D eigenvalue weighted by Crippen LogP contribution is -2.14. The number of rotatable bonds is 4. The molecule has 0 atom stereocenters. The van der Waals surface area contributed by atoms with E-state index in [1.807, 2.05) is 6.07 Å². The number of esters is 1. The summed E-state index contributed by atoms with van der Waals surface area (Å²) >= 11 is 7.04.